The van der Waals surface area contributed by atoms with Crippen LogP contribution in [0.25, 0.3) is 6.08 Å². The van der Waals surface area contributed by atoms with E-state index >= 15 is 0 Å². The fourth-order valence-corrected chi connectivity index (χ4v) is 7.78. The van der Waals surface area contributed by atoms with E-state index in [1.807, 2.05) is 51.1 Å². The van der Waals surface area contributed by atoms with Crippen LogP contribution in [0.1, 0.15) is 85.9 Å². The highest BCUT2D eigenvalue weighted by Crippen LogP contribution is 2.35. The van der Waals surface area contributed by atoms with Crippen molar-refractivity contribution < 1.29 is 31.9 Å². The lowest BCUT2D eigenvalue weighted by Gasteiger charge is -2.25. The van der Waals surface area contributed by atoms with E-state index in [1.165, 1.54) is 12.1 Å². The van der Waals surface area contributed by atoms with Gasteiger partial charge in [-0.2, -0.15) is 4.31 Å². The number of alkyl carbamates (subject to hydrolysis) is 1. The third-order valence-corrected chi connectivity index (χ3v) is 10.2. The Bertz CT molecular complexity index is 1780. The summed E-state index contributed by atoms with van der Waals surface area (Å²) in [7, 11) is -3.84. The summed E-state index contributed by atoms with van der Waals surface area (Å²) in [5.41, 5.74) is 5.13. The van der Waals surface area contributed by atoms with E-state index in [0.717, 1.165) is 38.9 Å². The number of halogens is 1. The van der Waals surface area contributed by atoms with Gasteiger partial charge in [-0.15, -0.1) is 0 Å². The maximum atomic E-state index is 14.1. The topological polar surface area (TPSA) is 102 Å². The molecule has 1 N–H and O–H groups in total. The maximum Gasteiger partial charge on any atom is 0.407 e. The van der Waals surface area contributed by atoms with Crippen LogP contribution in [0.3, 0.4) is 0 Å². The number of carbonyl (C=O) groups excluding carboxylic acids is 2. The SMILES string of the molecule is CCOC(=O)CC(c1ccc(C)c(CN2CC(C)Cc3cc(/C=C/CNC(=O)OC(C)(C)C)ccc3S2(=O)=O)c1)c1ccc(F)cc1C. The number of hydrogen-bond donors (Lipinski definition) is 1. The van der Waals surface area contributed by atoms with Crippen molar-refractivity contribution >= 4 is 28.2 Å². The van der Waals surface area contributed by atoms with Gasteiger partial charge in [0, 0.05) is 25.6 Å². The molecule has 10 heteroatoms. The molecular weight excluding hydrogens is 631 g/mol. The smallest absolute Gasteiger partial charge is 0.407 e. The zero-order chi connectivity index (χ0) is 35.2. The van der Waals surface area contributed by atoms with Crippen molar-refractivity contribution in [3.63, 3.8) is 0 Å². The fourth-order valence-electron chi connectivity index (χ4n) is 6.03. The van der Waals surface area contributed by atoms with Crippen LogP contribution in [0.4, 0.5) is 9.18 Å². The summed E-state index contributed by atoms with van der Waals surface area (Å²) in [5.74, 6) is -1.05. The van der Waals surface area contributed by atoms with Crippen molar-refractivity contribution in [3.8, 4) is 0 Å². The maximum absolute atomic E-state index is 14.1. The average Bonchev–Trinajstić information content (AvgIpc) is 3.07. The number of rotatable bonds is 10. The van der Waals surface area contributed by atoms with Crippen LogP contribution in [0, 0.1) is 25.6 Å². The highest BCUT2D eigenvalue weighted by atomic mass is 32.2. The molecule has 2 atom stereocenters. The van der Waals surface area contributed by atoms with E-state index in [2.05, 4.69) is 5.32 Å². The second-order valence-corrected chi connectivity index (χ2v) is 15.4. The van der Waals surface area contributed by atoms with E-state index in [1.54, 1.807) is 56.3 Å². The normalized spacial score (nSPS) is 17.0. The molecule has 0 saturated heterocycles. The number of carbonyl (C=O) groups is 2. The molecule has 3 aromatic rings. The van der Waals surface area contributed by atoms with Crippen molar-refractivity contribution in [2.75, 3.05) is 19.7 Å². The van der Waals surface area contributed by atoms with Gasteiger partial charge in [-0.25, -0.2) is 17.6 Å². The van der Waals surface area contributed by atoms with Crippen molar-refractivity contribution in [2.24, 2.45) is 5.92 Å². The summed E-state index contributed by atoms with van der Waals surface area (Å²) >= 11 is 0. The minimum atomic E-state index is -3.84. The van der Waals surface area contributed by atoms with Gasteiger partial charge in [-0.05, 0) is 111 Å². The van der Waals surface area contributed by atoms with Gasteiger partial charge in [0.1, 0.15) is 11.4 Å². The molecule has 3 aromatic carbocycles. The number of aryl methyl sites for hydroxylation is 2. The second kappa shape index (κ2) is 15.5. The average molecular weight is 679 g/mol. The Kier molecular flexibility index (Phi) is 11.9. The Morgan fingerprint density at radius 2 is 1.81 bits per heavy atom. The van der Waals surface area contributed by atoms with E-state index in [4.69, 9.17) is 9.47 Å². The second-order valence-electron chi connectivity index (χ2n) is 13.5. The van der Waals surface area contributed by atoms with Gasteiger partial charge in [0.05, 0.1) is 17.9 Å². The summed E-state index contributed by atoms with van der Waals surface area (Å²) in [6.07, 6.45) is 3.80. The highest BCUT2D eigenvalue weighted by Gasteiger charge is 2.33. The Hall–Kier alpha value is -4.02. The number of fused-ring (bicyclic) bond motifs is 1. The molecule has 0 saturated carbocycles. The standard InChI is InChI=1S/C38H47FN2O6S/c1-8-46-36(42)22-34(33-15-14-32(39)19-27(33)4)29-13-11-26(3)31(21-29)24-41-23-25(2)18-30-20-28(12-16-35(30)48(41,44)45)10-9-17-40-37(43)47-38(5,6)7/h9-16,19-21,25,34H,8,17-18,22-24H2,1-7H3,(H,40,43)/b10-9+. The van der Waals surface area contributed by atoms with Crippen LogP contribution in [0.15, 0.2) is 65.6 Å². The number of nitrogens with zero attached hydrogens (tertiary/aromatic N) is 1. The van der Waals surface area contributed by atoms with E-state index in [9.17, 15) is 22.4 Å². The number of benzene rings is 3. The summed E-state index contributed by atoms with van der Waals surface area (Å²) in [6, 6.07) is 15.7. The van der Waals surface area contributed by atoms with Crippen LogP contribution in [0.2, 0.25) is 0 Å². The molecule has 258 valence electrons. The van der Waals surface area contributed by atoms with E-state index < -0.39 is 27.6 Å². The van der Waals surface area contributed by atoms with Gasteiger partial charge in [-0.1, -0.05) is 55.5 Å². The number of hydrogen-bond acceptors (Lipinski definition) is 6. The van der Waals surface area contributed by atoms with Crippen molar-refractivity contribution in [1.29, 1.82) is 0 Å². The zero-order valence-electron chi connectivity index (χ0n) is 28.9. The first-order valence-electron chi connectivity index (χ1n) is 16.3. The lowest BCUT2D eigenvalue weighted by molar-refractivity contribution is -0.143. The monoisotopic (exact) mass is 678 g/mol. The Balaban J connectivity index is 1.60. The Morgan fingerprint density at radius 1 is 1.06 bits per heavy atom. The van der Waals surface area contributed by atoms with Crippen molar-refractivity contribution in [3.05, 3.63) is 105 Å². The molecule has 0 radical (unpaired) electrons. The van der Waals surface area contributed by atoms with E-state index in [-0.39, 0.29) is 48.7 Å². The minimum absolute atomic E-state index is 0.0519. The molecular formula is C38H47FN2O6S. The third kappa shape index (κ3) is 9.54. The minimum Gasteiger partial charge on any atom is -0.466 e. The van der Waals surface area contributed by atoms with Gasteiger partial charge < -0.3 is 14.8 Å². The number of esters is 1. The highest BCUT2D eigenvalue weighted by molar-refractivity contribution is 7.89. The first kappa shape index (κ1) is 36.8. The summed E-state index contributed by atoms with van der Waals surface area (Å²) in [6.45, 7) is 14.0. The summed E-state index contributed by atoms with van der Waals surface area (Å²) in [5, 5.41) is 2.69. The van der Waals surface area contributed by atoms with Gasteiger partial charge in [-0.3, -0.25) is 4.79 Å². The lowest BCUT2D eigenvalue weighted by Crippen LogP contribution is -2.33. The van der Waals surface area contributed by atoms with Crippen LogP contribution in [-0.2, 0) is 37.3 Å². The largest absolute Gasteiger partial charge is 0.466 e. The van der Waals surface area contributed by atoms with Gasteiger partial charge in [0.15, 0.2) is 0 Å². The molecule has 2 unspecified atom stereocenters. The molecule has 1 amide bonds. The Labute approximate surface area is 284 Å². The first-order valence-corrected chi connectivity index (χ1v) is 17.8. The molecule has 48 heavy (non-hydrogen) atoms. The predicted molar refractivity (Wildman–Crippen MR) is 186 cm³/mol. The van der Waals surface area contributed by atoms with Crippen molar-refractivity contribution in [2.45, 2.75) is 84.3 Å². The van der Waals surface area contributed by atoms with Crippen LogP contribution in [0.5, 0.6) is 0 Å². The predicted octanol–water partition coefficient (Wildman–Crippen LogP) is 7.45. The molecule has 0 fully saturated rings. The summed E-state index contributed by atoms with van der Waals surface area (Å²) in [4.78, 5) is 24.9. The number of ether oxygens (including phenoxy) is 2. The van der Waals surface area contributed by atoms with Gasteiger partial charge in [0.25, 0.3) is 0 Å². The number of amides is 1. The zero-order valence-corrected chi connectivity index (χ0v) is 29.7. The molecule has 1 aliphatic rings. The van der Waals surface area contributed by atoms with Gasteiger partial charge in [0.2, 0.25) is 10.0 Å². The number of sulfonamides is 1. The first-order chi connectivity index (χ1) is 22.6. The van der Waals surface area contributed by atoms with Crippen LogP contribution in [-0.4, -0.2) is 50.1 Å². The molecule has 8 nitrogen and oxygen atoms in total. The molecule has 0 aliphatic carbocycles. The number of nitrogens with one attached hydrogen (secondary N) is 1. The summed E-state index contributed by atoms with van der Waals surface area (Å²) < 4.78 is 54.3. The lowest BCUT2D eigenvalue weighted by atomic mass is 9.84. The quantitative estimate of drug-likeness (QED) is 0.224. The molecule has 0 aromatic heterocycles. The van der Waals surface area contributed by atoms with Crippen LogP contribution >= 0.6 is 0 Å². The van der Waals surface area contributed by atoms with Gasteiger partial charge >= 0.3 is 12.1 Å². The van der Waals surface area contributed by atoms with Crippen molar-refractivity contribution in [1.82, 2.24) is 9.62 Å². The Morgan fingerprint density at radius 3 is 2.50 bits per heavy atom. The van der Waals surface area contributed by atoms with E-state index in [0.29, 0.717) is 13.0 Å². The third-order valence-electron chi connectivity index (χ3n) is 8.27. The molecule has 4 rings (SSSR count). The molecule has 0 spiro atoms. The molecule has 1 aliphatic heterocycles. The fraction of sp³-hybridized carbons (Fsp3) is 0.421. The molecule has 1 heterocycles. The molecule has 0 bridgehead atoms. The van der Waals surface area contributed by atoms with Crippen LogP contribution < -0.4 is 5.32 Å².